The van der Waals surface area contributed by atoms with Crippen molar-refractivity contribution in [3.63, 3.8) is 0 Å². The van der Waals surface area contributed by atoms with Crippen LogP contribution < -0.4 is 10.1 Å². The lowest BCUT2D eigenvalue weighted by Crippen LogP contribution is -2.49. The van der Waals surface area contributed by atoms with E-state index >= 15 is 0 Å². The number of nitrogens with zero attached hydrogens (tertiary/aromatic N) is 2. The highest BCUT2D eigenvalue weighted by molar-refractivity contribution is 5.74. The Kier molecular flexibility index (Phi) is 8.99. The Bertz CT molecular complexity index is 972. The standard InChI is InChI=1S/C26H33F4N3O2/c1-18(2)17-35-23-8-4-19(5-9-23)15-31-25(34)33(22-10-12-32(3)13-11-22)16-20-6-7-21(14-24(20)27)26(28,29)30/h4-9,14,18,22H,10-13,15-17H2,1-3H3,(H,31,34). The number of halogens is 4. The van der Waals surface area contributed by atoms with Crippen molar-refractivity contribution in [3.8, 4) is 5.75 Å². The molecule has 0 spiro atoms. The summed E-state index contributed by atoms with van der Waals surface area (Å²) in [6, 6.07) is 9.36. The highest BCUT2D eigenvalue weighted by atomic mass is 19.4. The Morgan fingerprint density at radius 2 is 1.80 bits per heavy atom. The van der Waals surface area contributed by atoms with Gasteiger partial charge in [-0.2, -0.15) is 13.2 Å². The van der Waals surface area contributed by atoms with Gasteiger partial charge in [-0.25, -0.2) is 9.18 Å². The van der Waals surface area contributed by atoms with Gasteiger partial charge in [-0.05, 0) is 68.7 Å². The van der Waals surface area contributed by atoms with Crippen LogP contribution in [-0.2, 0) is 19.3 Å². The average molecular weight is 496 g/mol. The van der Waals surface area contributed by atoms with Crippen molar-refractivity contribution in [3.05, 3.63) is 65.0 Å². The van der Waals surface area contributed by atoms with Crippen LogP contribution in [0.15, 0.2) is 42.5 Å². The highest BCUT2D eigenvalue weighted by Crippen LogP contribution is 2.31. The summed E-state index contributed by atoms with van der Waals surface area (Å²) in [6.07, 6.45) is -3.22. The number of nitrogens with one attached hydrogen (secondary N) is 1. The second-order valence-corrected chi connectivity index (χ2v) is 9.47. The summed E-state index contributed by atoms with van der Waals surface area (Å²) in [7, 11) is 1.99. The quantitative estimate of drug-likeness (QED) is 0.479. The number of urea groups is 1. The lowest BCUT2D eigenvalue weighted by molar-refractivity contribution is -0.137. The van der Waals surface area contributed by atoms with Gasteiger partial charge >= 0.3 is 12.2 Å². The fraction of sp³-hybridized carbons (Fsp3) is 0.500. The average Bonchev–Trinajstić information content (AvgIpc) is 2.81. The van der Waals surface area contributed by atoms with Gasteiger partial charge in [-0.1, -0.05) is 32.0 Å². The normalized spacial score (nSPS) is 15.3. The summed E-state index contributed by atoms with van der Waals surface area (Å²) in [5, 5.41) is 2.88. The molecule has 0 aromatic heterocycles. The van der Waals surface area contributed by atoms with E-state index in [0.29, 0.717) is 31.4 Å². The summed E-state index contributed by atoms with van der Waals surface area (Å²) in [4.78, 5) is 16.8. The largest absolute Gasteiger partial charge is 0.493 e. The molecular formula is C26H33F4N3O2. The van der Waals surface area contributed by atoms with E-state index in [4.69, 9.17) is 4.74 Å². The van der Waals surface area contributed by atoms with E-state index in [-0.39, 0.29) is 30.7 Å². The molecule has 1 N–H and O–H groups in total. The predicted molar refractivity (Wildman–Crippen MR) is 126 cm³/mol. The van der Waals surface area contributed by atoms with E-state index < -0.39 is 17.6 Å². The molecule has 0 atom stereocenters. The third kappa shape index (κ3) is 7.85. The van der Waals surface area contributed by atoms with Crippen LogP contribution in [0.4, 0.5) is 22.4 Å². The Labute approximate surface area is 204 Å². The molecule has 2 amide bonds. The SMILES string of the molecule is CC(C)COc1ccc(CNC(=O)N(Cc2ccc(C(F)(F)F)cc2F)C2CCN(C)CC2)cc1. The van der Waals surface area contributed by atoms with E-state index in [2.05, 4.69) is 24.1 Å². The molecule has 35 heavy (non-hydrogen) atoms. The Morgan fingerprint density at radius 1 is 1.14 bits per heavy atom. The fourth-order valence-electron chi connectivity index (χ4n) is 3.95. The molecule has 1 heterocycles. The van der Waals surface area contributed by atoms with E-state index in [1.54, 1.807) is 4.90 Å². The molecule has 1 aliphatic heterocycles. The summed E-state index contributed by atoms with van der Waals surface area (Å²) in [6.45, 7) is 6.47. The third-order valence-electron chi connectivity index (χ3n) is 6.06. The van der Waals surface area contributed by atoms with Crippen LogP contribution in [-0.4, -0.2) is 48.6 Å². The maximum absolute atomic E-state index is 14.6. The van der Waals surface area contributed by atoms with Crippen LogP contribution >= 0.6 is 0 Å². The summed E-state index contributed by atoms with van der Waals surface area (Å²) >= 11 is 0. The molecular weight excluding hydrogens is 462 g/mol. The van der Waals surface area contributed by atoms with Crippen molar-refractivity contribution in [2.24, 2.45) is 5.92 Å². The van der Waals surface area contributed by atoms with Crippen LogP contribution in [0.5, 0.6) is 5.75 Å². The van der Waals surface area contributed by atoms with Crippen LogP contribution in [0.1, 0.15) is 43.4 Å². The number of hydrogen-bond acceptors (Lipinski definition) is 3. The first-order valence-electron chi connectivity index (χ1n) is 11.8. The van der Waals surface area contributed by atoms with Crippen molar-refractivity contribution in [2.75, 3.05) is 26.7 Å². The second kappa shape index (κ2) is 11.7. The van der Waals surface area contributed by atoms with Gasteiger partial charge in [0.1, 0.15) is 11.6 Å². The maximum Gasteiger partial charge on any atom is 0.416 e. The van der Waals surface area contributed by atoms with Gasteiger partial charge in [0.15, 0.2) is 0 Å². The maximum atomic E-state index is 14.6. The molecule has 3 rings (SSSR count). The zero-order chi connectivity index (χ0) is 25.6. The summed E-state index contributed by atoms with van der Waals surface area (Å²) in [5.41, 5.74) is -0.118. The van der Waals surface area contributed by atoms with E-state index in [0.717, 1.165) is 36.5 Å². The van der Waals surface area contributed by atoms with Crippen molar-refractivity contribution in [1.29, 1.82) is 0 Å². The first-order valence-corrected chi connectivity index (χ1v) is 11.8. The van der Waals surface area contributed by atoms with Crippen LogP contribution in [0, 0.1) is 11.7 Å². The molecule has 0 bridgehead atoms. The molecule has 1 saturated heterocycles. The minimum Gasteiger partial charge on any atom is -0.493 e. The number of carbonyl (C=O) groups is 1. The Hall–Kier alpha value is -2.81. The smallest absolute Gasteiger partial charge is 0.416 e. The molecule has 0 unspecified atom stereocenters. The lowest BCUT2D eigenvalue weighted by atomic mass is 10.0. The molecule has 5 nitrogen and oxygen atoms in total. The van der Waals surface area contributed by atoms with Gasteiger partial charge in [0.25, 0.3) is 0 Å². The van der Waals surface area contributed by atoms with Gasteiger partial charge in [-0.15, -0.1) is 0 Å². The molecule has 0 aliphatic carbocycles. The number of carbonyl (C=O) groups excluding carboxylic acids is 1. The minimum atomic E-state index is -4.63. The number of hydrogen-bond donors (Lipinski definition) is 1. The summed E-state index contributed by atoms with van der Waals surface area (Å²) < 4.78 is 59.0. The monoisotopic (exact) mass is 495 g/mol. The number of amides is 2. The molecule has 2 aromatic rings. The molecule has 1 aliphatic rings. The van der Waals surface area contributed by atoms with E-state index in [1.165, 1.54) is 0 Å². The van der Waals surface area contributed by atoms with Gasteiger partial charge in [0.2, 0.25) is 0 Å². The summed E-state index contributed by atoms with van der Waals surface area (Å²) in [5.74, 6) is 0.191. The van der Waals surface area contributed by atoms with E-state index in [9.17, 15) is 22.4 Å². The number of likely N-dealkylation sites (tertiary alicyclic amines) is 1. The van der Waals surface area contributed by atoms with Gasteiger partial charge < -0.3 is 19.9 Å². The predicted octanol–water partition coefficient (Wildman–Crippen LogP) is 5.69. The Balaban J connectivity index is 1.69. The van der Waals surface area contributed by atoms with Crippen molar-refractivity contribution < 1.29 is 27.1 Å². The number of benzene rings is 2. The molecule has 0 radical (unpaired) electrons. The van der Waals surface area contributed by atoms with E-state index in [1.807, 2.05) is 31.3 Å². The molecule has 192 valence electrons. The van der Waals surface area contributed by atoms with Crippen LogP contribution in [0.25, 0.3) is 0 Å². The van der Waals surface area contributed by atoms with Gasteiger partial charge in [0, 0.05) is 18.2 Å². The van der Waals surface area contributed by atoms with Crippen molar-refractivity contribution in [2.45, 2.75) is 52.0 Å². The second-order valence-electron chi connectivity index (χ2n) is 9.47. The fourth-order valence-corrected chi connectivity index (χ4v) is 3.95. The number of rotatable bonds is 8. The molecule has 1 fully saturated rings. The van der Waals surface area contributed by atoms with Gasteiger partial charge in [-0.3, -0.25) is 0 Å². The minimum absolute atomic E-state index is 0.0544. The number of piperidine rings is 1. The van der Waals surface area contributed by atoms with Crippen molar-refractivity contribution in [1.82, 2.24) is 15.1 Å². The van der Waals surface area contributed by atoms with Crippen LogP contribution in [0.3, 0.4) is 0 Å². The first kappa shape index (κ1) is 26.8. The zero-order valence-electron chi connectivity index (χ0n) is 20.4. The molecule has 0 saturated carbocycles. The topological polar surface area (TPSA) is 44.8 Å². The van der Waals surface area contributed by atoms with Crippen LogP contribution in [0.2, 0.25) is 0 Å². The number of ether oxygens (including phenoxy) is 1. The van der Waals surface area contributed by atoms with Crippen molar-refractivity contribution >= 4 is 6.03 Å². The number of alkyl halides is 3. The lowest BCUT2D eigenvalue weighted by Gasteiger charge is -2.37. The highest BCUT2D eigenvalue weighted by Gasteiger charge is 2.32. The Morgan fingerprint density at radius 3 is 2.37 bits per heavy atom. The third-order valence-corrected chi connectivity index (χ3v) is 6.06. The molecule has 2 aromatic carbocycles. The zero-order valence-corrected chi connectivity index (χ0v) is 20.4. The molecule has 9 heteroatoms. The van der Waals surface area contributed by atoms with Gasteiger partial charge in [0.05, 0.1) is 18.7 Å². The first-order chi connectivity index (χ1) is 16.5.